The molecule has 0 saturated carbocycles. The molecule has 2 aromatic rings. The zero-order valence-corrected chi connectivity index (χ0v) is 16.2. The largest absolute Gasteiger partial charge is 0.372 e. The van der Waals surface area contributed by atoms with Crippen molar-refractivity contribution in [2.45, 2.75) is 32.6 Å². The highest BCUT2D eigenvalue weighted by Gasteiger charge is 2.13. The van der Waals surface area contributed by atoms with E-state index < -0.39 is 0 Å². The second kappa shape index (κ2) is 8.91. The number of carbonyl (C=O) groups excluding carboxylic acids is 2. The van der Waals surface area contributed by atoms with Crippen LogP contribution in [-0.4, -0.2) is 24.9 Å². The van der Waals surface area contributed by atoms with Crippen molar-refractivity contribution in [3.8, 4) is 0 Å². The number of nitrogens with one attached hydrogen (secondary N) is 2. The highest BCUT2D eigenvalue weighted by molar-refractivity contribution is 6.31. The third-order valence-electron chi connectivity index (χ3n) is 4.74. The molecule has 2 N–H and O–H groups in total. The molecule has 3 rings (SSSR count). The minimum absolute atomic E-state index is 0.250. The molecule has 2 amide bonds. The molecule has 0 aliphatic carbocycles. The maximum atomic E-state index is 12.1. The molecule has 1 saturated heterocycles. The smallest absolute Gasteiger partial charge is 0.233 e. The van der Waals surface area contributed by atoms with Crippen molar-refractivity contribution in [3.63, 3.8) is 0 Å². The zero-order valence-electron chi connectivity index (χ0n) is 15.4. The number of amides is 2. The molecular weight excluding hydrogens is 362 g/mol. The predicted molar refractivity (Wildman–Crippen MR) is 111 cm³/mol. The summed E-state index contributed by atoms with van der Waals surface area (Å²) in [5, 5.41) is 6.07. The fraction of sp³-hybridized carbons (Fsp3) is 0.333. The van der Waals surface area contributed by atoms with Crippen molar-refractivity contribution >= 4 is 40.5 Å². The van der Waals surface area contributed by atoms with E-state index in [0.717, 1.165) is 18.7 Å². The average Bonchev–Trinajstić information content (AvgIpc) is 2.66. The van der Waals surface area contributed by atoms with Crippen LogP contribution in [0.15, 0.2) is 42.5 Å². The van der Waals surface area contributed by atoms with Gasteiger partial charge in [0.05, 0.1) is 0 Å². The van der Waals surface area contributed by atoms with Crippen LogP contribution in [0.5, 0.6) is 0 Å². The Morgan fingerprint density at radius 3 is 2.33 bits per heavy atom. The number of rotatable bonds is 5. The van der Waals surface area contributed by atoms with Gasteiger partial charge in [0.2, 0.25) is 11.8 Å². The molecule has 0 atom stereocenters. The summed E-state index contributed by atoms with van der Waals surface area (Å²) < 4.78 is 0. The topological polar surface area (TPSA) is 61.4 Å². The van der Waals surface area contributed by atoms with Gasteiger partial charge in [-0.25, -0.2) is 0 Å². The molecule has 0 aromatic heterocycles. The Bertz CT molecular complexity index is 815. The van der Waals surface area contributed by atoms with Gasteiger partial charge < -0.3 is 15.5 Å². The molecule has 6 heteroatoms. The molecule has 0 bridgehead atoms. The summed E-state index contributed by atoms with van der Waals surface area (Å²) in [5.41, 5.74) is 3.25. The van der Waals surface area contributed by atoms with Crippen molar-refractivity contribution in [1.29, 1.82) is 0 Å². The molecule has 0 radical (unpaired) electrons. The monoisotopic (exact) mass is 385 g/mol. The summed E-state index contributed by atoms with van der Waals surface area (Å²) in [6.07, 6.45) is 3.49. The number of carbonyl (C=O) groups is 2. The third-order valence-corrected chi connectivity index (χ3v) is 5.14. The summed E-state index contributed by atoms with van der Waals surface area (Å²) in [6.45, 7) is 3.98. The van der Waals surface area contributed by atoms with Gasteiger partial charge in [0.15, 0.2) is 0 Å². The summed E-state index contributed by atoms with van der Waals surface area (Å²) in [4.78, 5) is 26.6. The van der Waals surface area contributed by atoms with Crippen LogP contribution in [0.4, 0.5) is 17.1 Å². The maximum Gasteiger partial charge on any atom is 0.233 e. The SMILES string of the molecule is Cc1c(Cl)cccc1NC(=O)CC(=O)Nc1ccc(N2CCCCC2)cc1. The van der Waals surface area contributed by atoms with E-state index in [1.54, 1.807) is 18.2 Å². The van der Waals surface area contributed by atoms with E-state index in [0.29, 0.717) is 16.4 Å². The Morgan fingerprint density at radius 1 is 0.963 bits per heavy atom. The van der Waals surface area contributed by atoms with Crippen LogP contribution < -0.4 is 15.5 Å². The second-order valence-electron chi connectivity index (χ2n) is 6.78. The van der Waals surface area contributed by atoms with Gasteiger partial charge >= 0.3 is 0 Å². The summed E-state index contributed by atoms with van der Waals surface area (Å²) in [5.74, 6) is -0.722. The van der Waals surface area contributed by atoms with Crippen molar-refractivity contribution in [2.75, 3.05) is 28.6 Å². The van der Waals surface area contributed by atoms with Gasteiger partial charge in [-0.15, -0.1) is 0 Å². The molecule has 1 fully saturated rings. The van der Waals surface area contributed by atoms with E-state index >= 15 is 0 Å². The Hall–Kier alpha value is -2.53. The lowest BCUT2D eigenvalue weighted by Crippen LogP contribution is -2.29. The van der Waals surface area contributed by atoms with E-state index in [9.17, 15) is 9.59 Å². The molecule has 27 heavy (non-hydrogen) atoms. The Morgan fingerprint density at radius 2 is 1.63 bits per heavy atom. The van der Waals surface area contributed by atoms with E-state index in [1.807, 2.05) is 31.2 Å². The third kappa shape index (κ3) is 5.23. The first-order chi connectivity index (χ1) is 13.0. The minimum Gasteiger partial charge on any atom is -0.372 e. The van der Waals surface area contributed by atoms with Crippen LogP contribution in [0.2, 0.25) is 5.02 Å². The van der Waals surface area contributed by atoms with Gasteiger partial charge in [0.1, 0.15) is 6.42 Å². The number of halogens is 1. The van der Waals surface area contributed by atoms with Crippen LogP contribution in [0.1, 0.15) is 31.2 Å². The van der Waals surface area contributed by atoms with Crippen LogP contribution in [0.3, 0.4) is 0 Å². The molecule has 0 spiro atoms. The molecule has 0 unspecified atom stereocenters. The van der Waals surface area contributed by atoms with Crippen molar-refractivity contribution in [1.82, 2.24) is 0 Å². The first-order valence-corrected chi connectivity index (χ1v) is 9.60. The Labute approximate surface area is 164 Å². The fourth-order valence-corrected chi connectivity index (χ4v) is 3.37. The highest BCUT2D eigenvalue weighted by Crippen LogP contribution is 2.23. The van der Waals surface area contributed by atoms with Gasteiger partial charge in [-0.1, -0.05) is 17.7 Å². The van der Waals surface area contributed by atoms with E-state index in [2.05, 4.69) is 15.5 Å². The van der Waals surface area contributed by atoms with Gasteiger partial charge in [-0.05, 0) is 68.1 Å². The minimum atomic E-state index is -0.372. The van der Waals surface area contributed by atoms with Crippen molar-refractivity contribution in [3.05, 3.63) is 53.1 Å². The number of benzene rings is 2. The maximum absolute atomic E-state index is 12.1. The van der Waals surface area contributed by atoms with Crippen LogP contribution >= 0.6 is 11.6 Å². The number of hydrogen-bond acceptors (Lipinski definition) is 3. The van der Waals surface area contributed by atoms with Gasteiger partial charge in [0, 0.05) is 35.2 Å². The standard InChI is InChI=1S/C21H24ClN3O2/c1-15-18(22)6-5-7-19(15)24-21(27)14-20(26)23-16-8-10-17(11-9-16)25-12-3-2-4-13-25/h5-11H,2-4,12-14H2,1H3,(H,23,26)(H,24,27). The van der Waals surface area contributed by atoms with Crippen molar-refractivity contribution in [2.24, 2.45) is 0 Å². The number of nitrogens with zero attached hydrogens (tertiary/aromatic N) is 1. The first-order valence-electron chi connectivity index (χ1n) is 9.23. The summed E-state index contributed by atoms with van der Waals surface area (Å²) in [6, 6.07) is 13.0. The quantitative estimate of drug-likeness (QED) is 0.739. The molecule has 1 heterocycles. The van der Waals surface area contributed by atoms with E-state index in [1.165, 1.54) is 24.9 Å². The highest BCUT2D eigenvalue weighted by atomic mass is 35.5. The molecule has 5 nitrogen and oxygen atoms in total. The molecule has 1 aliphatic rings. The van der Waals surface area contributed by atoms with E-state index in [4.69, 9.17) is 11.6 Å². The summed E-state index contributed by atoms with van der Waals surface area (Å²) >= 11 is 6.05. The van der Waals surface area contributed by atoms with Crippen LogP contribution in [0.25, 0.3) is 0 Å². The lowest BCUT2D eigenvalue weighted by molar-refractivity contribution is -0.123. The fourth-order valence-electron chi connectivity index (χ4n) is 3.20. The van der Waals surface area contributed by atoms with Crippen molar-refractivity contribution < 1.29 is 9.59 Å². The Balaban J connectivity index is 1.52. The molecule has 1 aliphatic heterocycles. The van der Waals surface area contributed by atoms with Gasteiger partial charge in [-0.3, -0.25) is 9.59 Å². The van der Waals surface area contributed by atoms with Crippen LogP contribution in [-0.2, 0) is 9.59 Å². The average molecular weight is 386 g/mol. The normalized spacial score (nSPS) is 13.9. The second-order valence-corrected chi connectivity index (χ2v) is 7.19. The zero-order chi connectivity index (χ0) is 19.2. The number of hydrogen-bond donors (Lipinski definition) is 2. The lowest BCUT2D eigenvalue weighted by atomic mass is 10.1. The Kier molecular flexibility index (Phi) is 6.35. The van der Waals surface area contributed by atoms with Gasteiger partial charge in [-0.2, -0.15) is 0 Å². The predicted octanol–water partition coefficient (Wildman–Crippen LogP) is 4.61. The van der Waals surface area contributed by atoms with Gasteiger partial charge in [0.25, 0.3) is 0 Å². The first kappa shape index (κ1) is 19.2. The molecular formula is C21H24ClN3O2. The van der Waals surface area contributed by atoms with E-state index in [-0.39, 0.29) is 18.2 Å². The summed E-state index contributed by atoms with van der Waals surface area (Å²) in [7, 11) is 0. The molecule has 142 valence electrons. The molecule has 2 aromatic carbocycles. The lowest BCUT2D eigenvalue weighted by Gasteiger charge is -2.28. The number of anilines is 3. The van der Waals surface area contributed by atoms with Crippen LogP contribution in [0, 0.1) is 6.92 Å². The number of piperidine rings is 1.